The van der Waals surface area contributed by atoms with E-state index >= 15 is 0 Å². The van der Waals surface area contributed by atoms with Crippen molar-refractivity contribution in [3.63, 3.8) is 0 Å². The van der Waals surface area contributed by atoms with Crippen molar-refractivity contribution in [2.45, 2.75) is 51.0 Å². The van der Waals surface area contributed by atoms with Gasteiger partial charge in [-0.2, -0.15) is 0 Å². The summed E-state index contributed by atoms with van der Waals surface area (Å²) in [5.74, 6) is 0.699. The molecule has 3 rings (SSSR count). The van der Waals surface area contributed by atoms with E-state index in [2.05, 4.69) is 4.98 Å². The Bertz CT molecular complexity index is 505. The molecule has 0 radical (unpaired) electrons. The molecule has 0 unspecified atom stereocenters. The summed E-state index contributed by atoms with van der Waals surface area (Å²) in [6.45, 7) is 0.876. The van der Waals surface area contributed by atoms with Crippen molar-refractivity contribution in [1.82, 2.24) is 9.88 Å². The van der Waals surface area contributed by atoms with Crippen LogP contribution in [0.25, 0.3) is 0 Å². The molecule has 1 aromatic rings. The van der Waals surface area contributed by atoms with Gasteiger partial charge in [0.2, 0.25) is 0 Å². The molecular weight excluding hydrogens is 307 g/mol. The number of hydrogen-bond acceptors (Lipinski definition) is 2. The van der Waals surface area contributed by atoms with E-state index in [1.54, 1.807) is 12.1 Å². The van der Waals surface area contributed by atoms with E-state index in [0.29, 0.717) is 17.5 Å². The van der Waals surface area contributed by atoms with Crippen molar-refractivity contribution >= 4 is 29.1 Å². The van der Waals surface area contributed by atoms with Crippen LogP contribution in [0, 0.1) is 5.92 Å². The first-order valence-corrected chi connectivity index (χ1v) is 8.53. The minimum atomic E-state index is 0.0503. The zero-order valence-electron chi connectivity index (χ0n) is 12.0. The third kappa shape index (κ3) is 3.89. The van der Waals surface area contributed by atoms with Crippen molar-refractivity contribution in [1.29, 1.82) is 0 Å². The number of rotatable bonds is 4. The van der Waals surface area contributed by atoms with Crippen molar-refractivity contribution in [3.05, 3.63) is 28.0 Å². The van der Waals surface area contributed by atoms with E-state index in [9.17, 15) is 4.79 Å². The first-order chi connectivity index (χ1) is 10.1. The number of carbonyl (C=O) groups is 1. The molecule has 0 saturated heterocycles. The van der Waals surface area contributed by atoms with Gasteiger partial charge in [-0.05, 0) is 43.7 Å². The maximum Gasteiger partial charge on any atom is 0.254 e. The van der Waals surface area contributed by atoms with E-state index in [0.717, 1.165) is 19.4 Å². The lowest BCUT2D eigenvalue weighted by Crippen LogP contribution is -2.37. The molecule has 0 bridgehead atoms. The summed E-state index contributed by atoms with van der Waals surface area (Å²) in [6, 6.07) is 3.64. The third-order valence-corrected chi connectivity index (χ3v) is 4.83. The number of hydrogen-bond donors (Lipinski definition) is 0. The standard InChI is InChI=1S/C16H20Cl2N2O/c17-14-8-12(9-15(18)19-14)16(21)20(13-6-7-13)10-11-4-2-1-3-5-11/h8-9,11,13H,1-7,10H2. The maximum absolute atomic E-state index is 12.8. The van der Waals surface area contributed by atoms with Crippen LogP contribution in [0.2, 0.25) is 10.3 Å². The summed E-state index contributed by atoms with van der Waals surface area (Å²) in [4.78, 5) is 18.7. The van der Waals surface area contributed by atoms with Crippen LogP contribution in [0.15, 0.2) is 12.1 Å². The van der Waals surface area contributed by atoms with Crippen LogP contribution in [-0.2, 0) is 0 Å². The molecule has 5 heteroatoms. The quantitative estimate of drug-likeness (QED) is 0.759. The Morgan fingerprint density at radius 3 is 2.29 bits per heavy atom. The zero-order valence-corrected chi connectivity index (χ0v) is 13.5. The van der Waals surface area contributed by atoms with Crippen LogP contribution in [-0.4, -0.2) is 28.4 Å². The van der Waals surface area contributed by atoms with Crippen LogP contribution in [0.4, 0.5) is 0 Å². The van der Waals surface area contributed by atoms with Gasteiger partial charge >= 0.3 is 0 Å². The molecule has 1 heterocycles. The summed E-state index contributed by atoms with van der Waals surface area (Å²) < 4.78 is 0. The molecule has 0 spiro atoms. The van der Waals surface area contributed by atoms with Gasteiger partial charge in [0.05, 0.1) is 0 Å². The van der Waals surface area contributed by atoms with Gasteiger partial charge in [-0.25, -0.2) is 4.98 Å². The fourth-order valence-electron chi connectivity index (χ4n) is 3.19. The summed E-state index contributed by atoms with van der Waals surface area (Å²) in [5, 5.41) is 0.554. The molecule has 3 nitrogen and oxygen atoms in total. The molecule has 2 aliphatic carbocycles. The fourth-order valence-corrected chi connectivity index (χ4v) is 3.65. The summed E-state index contributed by atoms with van der Waals surface area (Å²) in [7, 11) is 0. The highest BCUT2D eigenvalue weighted by Gasteiger charge is 2.34. The molecule has 21 heavy (non-hydrogen) atoms. The molecule has 114 valence electrons. The number of aromatic nitrogens is 1. The highest BCUT2D eigenvalue weighted by Crippen LogP contribution is 2.32. The number of halogens is 2. The van der Waals surface area contributed by atoms with Gasteiger partial charge in [0.1, 0.15) is 10.3 Å². The highest BCUT2D eigenvalue weighted by atomic mass is 35.5. The van der Waals surface area contributed by atoms with E-state index in [4.69, 9.17) is 23.2 Å². The average Bonchev–Trinajstić information content (AvgIpc) is 3.29. The topological polar surface area (TPSA) is 33.2 Å². The lowest BCUT2D eigenvalue weighted by molar-refractivity contribution is 0.0699. The van der Waals surface area contributed by atoms with Crippen molar-refractivity contribution in [2.75, 3.05) is 6.54 Å². The van der Waals surface area contributed by atoms with Crippen LogP contribution in [0.1, 0.15) is 55.3 Å². The van der Waals surface area contributed by atoms with E-state index < -0.39 is 0 Å². The predicted molar refractivity (Wildman–Crippen MR) is 84.9 cm³/mol. The summed E-state index contributed by atoms with van der Waals surface area (Å²) in [5.41, 5.74) is 0.558. The Morgan fingerprint density at radius 2 is 1.71 bits per heavy atom. The van der Waals surface area contributed by atoms with E-state index in [1.807, 2.05) is 4.90 Å². The van der Waals surface area contributed by atoms with Crippen LogP contribution >= 0.6 is 23.2 Å². The van der Waals surface area contributed by atoms with Gasteiger partial charge in [-0.1, -0.05) is 42.5 Å². The smallest absolute Gasteiger partial charge is 0.254 e. The van der Waals surface area contributed by atoms with Gasteiger partial charge in [-0.3, -0.25) is 4.79 Å². The van der Waals surface area contributed by atoms with Crippen molar-refractivity contribution < 1.29 is 4.79 Å². The average molecular weight is 327 g/mol. The normalized spacial score (nSPS) is 19.5. The predicted octanol–water partition coefficient (Wildman–Crippen LogP) is 4.57. The third-order valence-electron chi connectivity index (χ3n) is 4.44. The molecule has 0 atom stereocenters. The number of carbonyl (C=O) groups excluding carboxylic acids is 1. The van der Waals surface area contributed by atoms with Gasteiger partial charge in [0, 0.05) is 18.2 Å². The summed E-state index contributed by atoms with van der Waals surface area (Å²) >= 11 is 11.8. The van der Waals surface area contributed by atoms with E-state index in [-0.39, 0.29) is 16.2 Å². The van der Waals surface area contributed by atoms with Gasteiger partial charge in [0.15, 0.2) is 0 Å². The number of nitrogens with zero attached hydrogens (tertiary/aromatic N) is 2. The van der Waals surface area contributed by atoms with Crippen molar-refractivity contribution in [3.8, 4) is 0 Å². The molecule has 0 N–H and O–H groups in total. The molecular formula is C16H20Cl2N2O. The Kier molecular flexibility index (Phi) is 4.70. The van der Waals surface area contributed by atoms with Gasteiger partial charge < -0.3 is 4.90 Å². The first-order valence-electron chi connectivity index (χ1n) is 7.77. The summed E-state index contributed by atoms with van der Waals surface area (Å²) in [6.07, 6.45) is 8.65. The maximum atomic E-state index is 12.8. The Morgan fingerprint density at radius 1 is 1.10 bits per heavy atom. The number of amides is 1. The second-order valence-electron chi connectivity index (χ2n) is 6.19. The number of pyridine rings is 1. The second-order valence-corrected chi connectivity index (χ2v) is 6.97. The van der Waals surface area contributed by atoms with Crippen LogP contribution in [0.3, 0.4) is 0 Å². The molecule has 2 fully saturated rings. The first kappa shape index (κ1) is 15.1. The largest absolute Gasteiger partial charge is 0.335 e. The molecule has 1 aromatic heterocycles. The molecule has 1 amide bonds. The van der Waals surface area contributed by atoms with E-state index in [1.165, 1.54) is 32.1 Å². The molecule has 2 saturated carbocycles. The molecule has 0 aromatic carbocycles. The molecule has 0 aliphatic heterocycles. The lowest BCUT2D eigenvalue weighted by Gasteiger charge is -2.30. The highest BCUT2D eigenvalue weighted by molar-refractivity contribution is 6.33. The second kappa shape index (κ2) is 6.53. The zero-order chi connectivity index (χ0) is 14.8. The minimum absolute atomic E-state index is 0.0503. The SMILES string of the molecule is O=C(c1cc(Cl)nc(Cl)c1)N(CC1CCCCC1)C1CC1. The Balaban J connectivity index is 1.74. The Hall–Kier alpha value is -0.800. The van der Waals surface area contributed by atoms with Gasteiger partial charge in [-0.15, -0.1) is 0 Å². The lowest BCUT2D eigenvalue weighted by atomic mass is 9.89. The minimum Gasteiger partial charge on any atom is -0.335 e. The fraction of sp³-hybridized carbons (Fsp3) is 0.625. The monoisotopic (exact) mass is 326 g/mol. The van der Waals surface area contributed by atoms with Crippen LogP contribution < -0.4 is 0 Å². The van der Waals surface area contributed by atoms with Gasteiger partial charge in [0.25, 0.3) is 5.91 Å². The Labute approximate surface area is 135 Å². The molecule has 2 aliphatic rings. The van der Waals surface area contributed by atoms with Crippen LogP contribution in [0.5, 0.6) is 0 Å². The van der Waals surface area contributed by atoms with Crippen molar-refractivity contribution in [2.24, 2.45) is 5.92 Å².